The number of nitrogens with zero attached hydrogens (tertiary/aromatic N) is 1. The predicted molar refractivity (Wildman–Crippen MR) is 190 cm³/mol. The molecule has 210 valence electrons. The van der Waals surface area contributed by atoms with Gasteiger partial charge in [0.25, 0.3) is 0 Å². The third-order valence-corrected chi connectivity index (χ3v) is 9.84. The third kappa shape index (κ3) is 4.74. The molecule has 0 N–H and O–H groups in total. The number of benzene rings is 6. The monoisotopic (exact) mass is 581 g/mol. The van der Waals surface area contributed by atoms with Crippen molar-refractivity contribution >= 4 is 44.6 Å². The van der Waals surface area contributed by atoms with Gasteiger partial charge in [-0.15, -0.1) is 11.3 Å². The van der Waals surface area contributed by atoms with Crippen LogP contribution in [0.2, 0.25) is 0 Å². The largest absolute Gasteiger partial charge is 0.309 e. The molecule has 0 spiro atoms. The zero-order chi connectivity index (χ0) is 29.3. The molecule has 8 rings (SSSR count). The zero-order valence-electron chi connectivity index (χ0n) is 24.4. The maximum absolute atomic E-state index is 2.47. The van der Waals surface area contributed by atoms with E-state index in [0.717, 1.165) is 24.2 Å². The predicted octanol–water partition coefficient (Wildman–Crippen LogP) is 12.3. The lowest BCUT2D eigenvalue weighted by atomic mass is 9.95. The summed E-state index contributed by atoms with van der Waals surface area (Å²) in [6.45, 7) is 0. The maximum Gasteiger partial charge on any atom is 0.0554 e. The average Bonchev–Trinajstić information content (AvgIpc) is 3.49. The van der Waals surface area contributed by atoms with Crippen LogP contribution in [0.3, 0.4) is 0 Å². The average molecular weight is 582 g/mol. The fraction of sp³-hybridized carbons (Fsp3) is 0.0476. The van der Waals surface area contributed by atoms with Crippen molar-refractivity contribution in [2.75, 3.05) is 4.90 Å². The number of thiophene rings is 1. The summed E-state index contributed by atoms with van der Waals surface area (Å²) in [6, 6.07) is 54.8. The van der Waals surface area contributed by atoms with Crippen LogP contribution in [0.25, 0.3) is 49.5 Å². The molecule has 0 saturated carbocycles. The molecule has 1 nitrogen and oxygen atoms in total. The fourth-order valence-electron chi connectivity index (χ4n) is 6.44. The van der Waals surface area contributed by atoms with Crippen molar-refractivity contribution in [2.24, 2.45) is 0 Å². The van der Waals surface area contributed by atoms with Gasteiger partial charge in [-0.3, -0.25) is 0 Å². The van der Waals surface area contributed by atoms with Gasteiger partial charge in [-0.25, -0.2) is 0 Å². The molecule has 0 saturated heterocycles. The first-order chi connectivity index (χ1) is 21.8. The molecule has 0 amide bonds. The van der Waals surface area contributed by atoms with Gasteiger partial charge >= 0.3 is 0 Å². The van der Waals surface area contributed by atoms with Crippen molar-refractivity contribution in [3.05, 3.63) is 168 Å². The molecule has 2 heteroatoms. The number of fused-ring (bicyclic) bond motifs is 3. The highest BCUT2D eigenvalue weighted by Crippen LogP contribution is 2.50. The van der Waals surface area contributed by atoms with Crippen molar-refractivity contribution in [1.29, 1.82) is 0 Å². The van der Waals surface area contributed by atoms with Crippen LogP contribution in [0.15, 0.2) is 158 Å². The van der Waals surface area contributed by atoms with E-state index in [-0.39, 0.29) is 0 Å². The van der Waals surface area contributed by atoms with E-state index in [1.807, 2.05) is 11.3 Å². The molecule has 7 aromatic rings. The minimum absolute atomic E-state index is 1.11. The second-order valence-electron chi connectivity index (χ2n) is 11.2. The van der Waals surface area contributed by atoms with Crippen molar-refractivity contribution in [3.63, 3.8) is 0 Å². The molecule has 0 aliphatic heterocycles. The van der Waals surface area contributed by atoms with E-state index >= 15 is 0 Å². The van der Waals surface area contributed by atoms with Gasteiger partial charge in [0.2, 0.25) is 0 Å². The maximum atomic E-state index is 2.47. The van der Waals surface area contributed by atoms with E-state index in [1.165, 1.54) is 59.6 Å². The Bertz CT molecular complexity index is 2090. The number of hydrogen-bond acceptors (Lipinski definition) is 2. The normalized spacial score (nSPS) is 12.3. The Hall–Kier alpha value is -5.18. The molecular formula is C42H31NS. The van der Waals surface area contributed by atoms with E-state index < -0.39 is 0 Å². The number of anilines is 3. The van der Waals surface area contributed by atoms with Gasteiger partial charge in [0.15, 0.2) is 0 Å². The molecule has 1 heterocycles. The summed E-state index contributed by atoms with van der Waals surface area (Å²) in [4.78, 5) is 3.95. The summed E-state index contributed by atoms with van der Waals surface area (Å²) in [5, 5.41) is 1.35. The van der Waals surface area contributed by atoms with E-state index in [1.54, 1.807) is 0 Å². The number of para-hydroxylation sites is 1. The quantitative estimate of drug-likeness (QED) is 0.189. The summed E-state index contributed by atoms with van der Waals surface area (Å²) >= 11 is 1.97. The minimum Gasteiger partial charge on any atom is -0.309 e. The highest BCUT2D eigenvalue weighted by molar-refractivity contribution is 7.20. The molecule has 1 aromatic heterocycles. The van der Waals surface area contributed by atoms with Crippen molar-refractivity contribution in [2.45, 2.75) is 12.8 Å². The lowest BCUT2D eigenvalue weighted by Gasteiger charge is -2.30. The molecule has 44 heavy (non-hydrogen) atoms. The Morgan fingerprint density at radius 2 is 1.11 bits per heavy atom. The van der Waals surface area contributed by atoms with E-state index in [2.05, 4.69) is 169 Å². The number of aryl methyl sites for hydroxylation is 1. The molecule has 0 bridgehead atoms. The van der Waals surface area contributed by atoms with Crippen LogP contribution >= 0.6 is 11.3 Å². The first-order valence-electron chi connectivity index (χ1n) is 15.3. The van der Waals surface area contributed by atoms with Gasteiger partial charge in [0.05, 0.1) is 11.4 Å². The molecular weight excluding hydrogens is 551 g/mol. The zero-order valence-corrected chi connectivity index (χ0v) is 25.2. The molecule has 0 unspecified atom stereocenters. The van der Waals surface area contributed by atoms with Crippen LogP contribution in [0, 0.1) is 0 Å². The summed E-state index contributed by atoms with van der Waals surface area (Å²) < 4.78 is 1.35. The molecule has 1 aliphatic carbocycles. The van der Waals surface area contributed by atoms with Gasteiger partial charge in [0.1, 0.15) is 0 Å². The van der Waals surface area contributed by atoms with Crippen LogP contribution in [-0.2, 0) is 6.42 Å². The number of allylic oxidation sites excluding steroid dienone is 1. The first kappa shape index (κ1) is 26.4. The molecule has 0 fully saturated rings. The smallest absolute Gasteiger partial charge is 0.0554 e. The molecule has 0 radical (unpaired) electrons. The summed E-state index contributed by atoms with van der Waals surface area (Å²) in [5.74, 6) is 0. The van der Waals surface area contributed by atoms with Crippen molar-refractivity contribution in [1.82, 2.24) is 0 Å². The SMILES string of the molecule is C1=Cc2c(sc3c(-c4ccccc4)c(N(c4ccc(-c5ccccc5)cc4)c4ccccc4-c4ccccc4)ccc23)CC1. The van der Waals surface area contributed by atoms with Crippen LogP contribution in [0.1, 0.15) is 16.9 Å². The fourth-order valence-corrected chi connectivity index (χ4v) is 7.81. The van der Waals surface area contributed by atoms with Gasteiger partial charge < -0.3 is 4.90 Å². The number of rotatable bonds is 6. The summed E-state index contributed by atoms with van der Waals surface area (Å²) in [6.07, 6.45) is 6.87. The van der Waals surface area contributed by atoms with Crippen molar-refractivity contribution in [3.8, 4) is 33.4 Å². The third-order valence-electron chi connectivity index (χ3n) is 8.54. The molecule has 0 atom stereocenters. The lowest BCUT2D eigenvalue weighted by molar-refractivity contribution is 1.02. The summed E-state index contributed by atoms with van der Waals surface area (Å²) in [7, 11) is 0. The highest BCUT2D eigenvalue weighted by atomic mass is 32.1. The second kappa shape index (κ2) is 11.5. The van der Waals surface area contributed by atoms with Crippen molar-refractivity contribution < 1.29 is 0 Å². The van der Waals surface area contributed by atoms with E-state index in [4.69, 9.17) is 0 Å². The standard InChI is InChI=1S/C42H31NS/c1-4-14-30(15-5-1)31-24-26-34(27-25-31)43(38-22-12-10-20-35(38)32-16-6-2-7-17-32)39-29-28-37-36-21-11-13-23-40(36)44-42(37)41(39)33-18-8-3-9-19-33/h1-12,14-22,24-29H,13,23H2. The van der Waals surface area contributed by atoms with Gasteiger partial charge in [-0.2, -0.15) is 0 Å². The number of hydrogen-bond donors (Lipinski definition) is 0. The van der Waals surface area contributed by atoms with Crippen LogP contribution in [0.5, 0.6) is 0 Å². The Kier molecular flexibility index (Phi) is 6.90. The van der Waals surface area contributed by atoms with Gasteiger partial charge in [-0.1, -0.05) is 140 Å². The lowest BCUT2D eigenvalue weighted by Crippen LogP contribution is -2.12. The first-order valence-corrected chi connectivity index (χ1v) is 16.1. The molecule has 6 aromatic carbocycles. The topological polar surface area (TPSA) is 3.24 Å². The van der Waals surface area contributed by atoms with Crippen LogP contribution < -0.4 is 4.90 Å². The Balaban J connectivity index is 1.41. The van der Waals surface area contributed by atoms with Gasteiger partial charge in [0, 0.05) is 31.8 Å². The second-order valence-corrected chi connectivity index (χ2v) is 12.3. The molecule has 1 aliphatic rings. The van der Waals surface area contributed by atoms with E-state index in [9.17, 15) is 0 Å². The Morgan fingerprint density at radius 1 is 0.500 bits per heavy atom. The highest BCUT2D eigenvalue weighted by Gasteiger charge is 2.24. The summed E-state index contributed by atoms with van der Waals surface area (Å²) in [5.41, 5.74) is 12.2. The van der Waals surface area contributed by atoms with Gasteiger partial charge in [-0.05, 0) is 64.9 Å². The Morgan fingerprint density at radius 3 is 1.84 bits per heavy atom. The van der Waals surface area contributed by atoms with Crippen LogP contribution in [0.4, 0.5) is 17.1 Å². The van der Waals surface area contributed by atoms with Crippen LogP contribution in [-0.4, -0.2) is 0 Å². The van der Waals surface area contributed by atoms with E-state index in [0.29, 0.717) is 0 Å². The minimum atomic E-state index is 1.11. The Labute approximate surface area is 263 Å².